The van der Waals surface area contributed by atoms with Gasteiger partial charge >= 0.3 is 0 Å². The average Bonchev–Trinajstić information content (AvgIpc) is 2.54. The third kappa shape index (κ3) is 3.74. The van der Waals surface area contributed by atoms with Crippen LogP contribution >= 0.6 is 0 Å². The topological polar surface area (TPSA) is 22.1 Å². The molecule has 0 atom stereocenters. The second kappa shape index (κ2) is 6.35. The van der Waals surface area contributed by atoms with Gasteiger partial charge in [0.2, 0.25) is 5.88 Å². The van der Waals surface area contributed by atoms with Crippen molar-refractivity contribution in [3.63, 3.8) is 0 Å². The van der Waals surface area contributed by atoms with Gasteiger partial charge in [-0.05, 0) is 60.8 Å². The lowest BCUT2D eigenvalue weighted by Gasteiger charge is -2.36. The SMILES string of the molecule is C=Cc1ccc2nc(O[C@H]3CC[C@H](C(C)(C)C)CC3)ccc2c1. The summed E-state index contributed by atoms with van der Waals surface area (Å²) in [5.74, 6) is 1.56. The highest BCUT2D eigenvalue weighted by atomic mass is 16.5. The van der Waals surface area contributed by atoms with Crippen LogP contribution in [0.3, 0.4) is 0 Å². The van der Waals surface area contributed by atoms with Crippen molar-refractivity contribution in [2.45, 2.75) is 52.6 Å². The molecule has 1 aliphatic rings. The van der Waals surface area contributed by atoms with Crippen molar-refractivity contribution in [3.05, 3.63) is 42.5 Å². The molecule has 122 valence electrons. The summed E-state index contributed by atoms with van der Waals surface area (Å²) in [7, 11) is 0. The molecule has 23 heavy (non-hydrogen) atoms. The minimum Gasteiger partial charge on any atom is -0.474 e. The summed E-state index contributed by atoms with van der Waals surface area (Å²) in [6, 6.07) is 10.3. The molecule has 0 spiro atoms. The van der Waals surface area contributed by atoms with Crippen LogP contribution in [0.1, 0.15) is 52.0 Å². The normalized spacial score (nSPS) is 22.0. The average molecular weight is 309 g/mol. The van der Waals surface area contributed by atoms with Crippen molar-refractivity contribution in [1.82, 2.24) is 4.98 Å². The first-order chi connectivity index (χ1) is 11.0. The van der Waals surface area contributed by atoms with Gasteiger partial charge in [-0.3, -0.25) is 0 Å². The van der Waals surface area contributed by atoms with E-state index in [0.29, 0.717) is 11.5 Å². The van der Waals surface area contributed by atoms with E-state index in [2.05, 4.69) is 44.5 Å². The van der Waals surface area contributed by atoms with Crippen LogP contribution in [0.15, 0.2) is 36.9 Å². The van der Waals surface area contributed by atoms with Crippen LogP contribution in [0, 0.1) is 11.3 Å². The Balaban J connectivity index is 1.67. The summed E-state index contributed by atoms with van der Waals surface area (Å²) in [5.41, 5.74) is 2.51. The van der Waals surface area contributed by atoms with Crippen molar-refractivity contribution in [1.29, 1.82) is 0 Å². The van der Waals surface area contributed by atoms with E-state index in [4.69, 9.17) is 4.74 Å². The van der Waals surface area contributed by atoms with E-state index in [1.54, 1.807) is 0 Å². The predicted molar refractivity (Wildman–Crippen MR) is 97.7 cm³/mol. The van der Waals surface area contributed by atoms with Gasteiger partial charge in [0.15, 0.2) is 0 Å². The summed E-state index contributed by atoms with van der Waals surface area (Å²) in [6.45, 7) is 10.9. The van der Waals surface area contributed by atoms with Crippen molar-refractivity contribution in [3.8, 4) is 5.88 Å². The van der Waals surface area contributed by atoms with Crippen LogP contribution in [-0.2, 0) is 0 Å². The van der Waals surface area contributed by atoms with Gasteiger partial charge < -0.3 is 4.74 Å². The van der Waals surface area contributed by atoms with Crippen molar-refractivity contribution >= 4 is 17.0 Å². The van der Waals surface area contributed by atoms with Crippen molar-refractivity contribution in [2.24, 2.45) is 11.3 Å². The maximum atomic E-state index is 6.15. The summed E-state index contributed by atoms with van der Waals surface area (Å²) in [4.78, 5) is 4.66. The zero-order chi connectivity index (χ0) is 16.4. The zero-order valence-corrected chi connectivity index (χ0v) is 14.5. The minimum absolute atomic E-state index is 0.311. The second-order valence-electron chi connectivity index (χ2n) is 7.76. The second-order valence-corrected chi connectivity index (χ2v) is 7.76. The molecule has 0 radical (unpaired) electrons. The van der Waals surface area contributed by atoms with E-state index in [1.165, 1.54) is 12.8 Å². The molecule has 0 amide bonds. The number of aromatic nitrogens is 1. The zero-order valence-electron chi connectivity index (χ0n) is 14.5. The van der Waals surface area contributed by atoms with E-state index in [-0.39, 0.29) is 0 Å². The standard InChI is InChI=1S/C21H27NO/c1-5-15-6-12-19-16(14-15)7-13-20(22-19)23-18-10-8-17(9-11-18)21(2,3)4/h5-7,12-14,17-18H,1,8-11H2,2-4H3/t17-,18-. The molecule has 1 fully saturated rings. The van der Waals surface area contributed by atoms with E-state index < -0.39 is 0 Å². The number of hydrogen-bond donors (Lipinski definition) is 0. The van der Waals surface area contributed by atoms with Gasteiger partial charge in [-0.2, -0.15) is 0 Å². The first-order valence-electron chi connectivity index (χ1n) is 8.65. The Morgan fingerprint density at radius 1 is 1.09 bits per heavy atom. The third-order valence-corrected chi connectivity index (χ3v) is 5.11. The van der Waals surface area contributed by atoms with E-state index >= 15 is 0 Å². The number of benzene rings is 1. The lowest BCUT2D eigenvalue weighted by molar-refractivity contribution is 0.0854. The van der Waals surface area contributed by atoms with Gasteiger partial charge in [0.1, 0.15) is 6.10 Å². The number of pyridine rings is 1. The third-order valence-electron chi connectivity index (χ3n) is 5.11. The van der Waals surface area contributed by atoms with Crippen LogP contribution < -0.4 is 4.74 Å². The highest BCUT2D eigenvalue weighted by Gasteiger charge is 2.30. The molecule has 1 aliphatic carbocycles. The van der Waals surface area contributed by atoms with Gasteiger partial charge in [0.05, 0.1) is 5.52 Å². The fraction of sp³-hybridized carbons (Fsp3) is 0.476. The maximum absolute atomic E-state index is 6.15. The molecule has 3 rings (SSSR count). The predicted octanol–water partition coefficient (Wildman–Crippen LogP) is 5.86. The number of rotatable bonds is 3. The van der Waals surface area contributed by atoms with E-state index in [1.807, 2.05) is 24.3 Å². The molecule has 0 bridgehead atoms. The number of fused-ring (bicyclic) bond motifs is 1. The summed E-state index contributed by atoms with van der Waals surface area (Å²) >= 11 is 0. The summed E-state index contributed by atoms with van der Waals surface area (Å²) in [6.07, 6.45) is 6.95. The van der Waals surface area contributed by atoms with E-state index in [9.17, 15) is 0 Å². The monoisotopic (exact) mass is 309 g/mol. The Morgan fingerprint density at radius 3 is 2.48 bits per heavy atom. The van der Waals surface area contributed by atoms with Crippen LogP contribution in [0.2, 0.25) is 0 Å². The van der Waals surface area contributed by atoms with Gasteiger partial charge in [-0.1, -0.05) is 39.5 Å². The van der Waals surface area contributed by atoms with Crippen LogP contribution in [0.4, 0.5) is 0 Å². The van der Waals surface area contributed by atoms with Gasteiger partial charge in [0, 0.05) is 11.5 Å². The number of ether oxygens (including phenoxy) is 1. The molecule has 0 N–H and O–H groups in total. The van der Waals surface area contributed by atoms with Crippen LogP contribution in [0.5, 0.6) is 5.88 Å². The molecule has 0 saturated heterocycles. The Hall–Kier alpha value is -1.83. The number of nitrogens with zero attached hydrogens (tertiary/aromatic N) is 1. The lowest BCUT2D eigenvalue weighted by Crippen LogP contribution is -2.30. The highest BCUT2D eigenvalue weighted by molar-refractivity contribution is 5.81. The van der Waals surface area contributed by atoms with E-state index in [0.717, 1.165) is 41.1 Å². The molecule has 1 heterocycles. The first kappa shape index (κ1) is 16.0. The molecule has 1 aromatic carbocycles. The van der Waals surface area contributed by atoms with Gasteiger partial charge in [0.25, 0.3) is 0 Å². The minimum atomic E-state index is 0.311. The molecule has 2 nitrogen and oxygen atoms in total. The van der Waals surface area contributed by atoms with Gasteiger partial charge in [-0.15, -0.1) is 0 Å². The van der Waals surface area contributed by atoms with Crippen molar-refractivity contribution in [2.75, 3.05) is 0 Å². The smallest absolute Gasteiger partial charge is 0.214 e. The molecule has 0 aliphatic heterocycles. The Labute approximate surface area is 139 Å². The van der Waals surface area contributed by atoms with Crippen LogP contribution in [-0.4, -0.2) is 11.1 Å². The maximum Gasteiger partial charge on any atom is 0.214 e. The molecule has 1 aromatic heterocycles. The molecule has 2 aromatic rings. The largest absolute Gasteiger partial charge is 0.474 e. The quantitative estimate of drug-likeness (QED) is 0.708. The lowest BCUT2D eigenvalue weighted by atomic mass is 9.72. The Morgan fingerprint density at radius 2 is 1.83 bits per heavy atom. The molecule has 2 heteroatoms. The molecular weight excluding hydrogens is 282 g/mol. The van der Waals surface area contributed by atoms with Crippen molar-refractivity contribution < 1.29 is 4.74 Å². The molecular formula is C21H27NO. The fourth-order valence-corrected chi connectivity index (χ4v) is 3.54. The van der Waals surface area contributed by atoms with Crippen LogP contribution in [0.25, 0.3) is 17.0 Å². The summed E-state index contributed by atoms with van der Waals surface area (Å²) in [5, 5.41) is 1.13. The fourth-order valence-electron chi connectivity index (χ4n) is 3.54. The Bertz CT molecular complexity index is 691. The highest BCUT2D eigenvalue weighted by Crippen LogP contribution is 2.38. The Kier molecular flexibility index (Phi) is 4.43. The van der Waals surface area contributed by atoms with Gasteiger partial charge in [-0.25, -0.2) is 4.98 Å². The summed E-state index contributed by atoms with van der Waals surface area (Å²) < 4.78 is 6.15. The molecule has 1 saturated carbocycles. The number of hydrogen-bond acceptors (Lipinski definition) is 2. The molecule has 0 unspecified atom stereocenters. The first-order valence-corrected chi connectivity index (χ1v) is 8.65.